The molecule has 70 valence electrons. The second-order valence-electron chi connectivity index (χ2n) is 3.46. The molecule has 0 bridgehead atoms. The maximum absolute atomic E-state index is 10.8. The maximum Gasteiger partial charge on any atom is 0.132 e. The van der Waals surface area contributed by atoms with Crippen LogP contribution < -0.4 is 0 Å². The van der Waals surface area contributed by atoms with Crippen molar-refractivity contribution in [1.82, 2.24) is 0 Å². The minimum atomic E-state index is 0.164. The van der Waals surface area contributed by atoms with Crippen LogP contribution in [0.5, 0.6) is 0 Å². The summed E-state index contributed by atoms with van der Waals surface area (Å²) < 4.78 is 0. The first-order valence-electron chi connectivity index (χ1n) is 4.54. The van der Waals surface area contributed by atoms with E-state index in [4.69, 9.17) is 0 Å². The summed E-state index contributed by atoms with van der Waals surface area (Å²) in [5.74, 6) is 0.653. The third-order valence-corrected chi connectivity index (χ3v) is 2.11. The lowest BCUT2D eigenvalue weighted by molar-refractivity contribution is -0.120. The maximum atomic E-state index is 10.8. The van der Waals surface area contributed by atoms with E-state index in [1.807, 2.05) is 6.92 Å². The molecule has 0 saturated heterocycles. The average molecular weight is 170 g/mol. The van der Waals surface area contributed by atoms with Crippen LogP contribution in [0.15, 0.2) is 0 Å². The Morgan fingerprint density at radius 3 is 2.17 bits per heavy atom. The van der Waals surface area contributed by atoms with Gasteiger partial charge in [-0.1, -0.05) is 13.3 Å². The van der Waals surface area contributed by atoms with E-state index < -0.39 is 0 Å². The summed E-state index contributed by atoms with van der Waals surface area (Å²) >= 11 is 0. The van der Waals surface area contributed by atoms with Gasteiger partial charge in [-0.3, -0.25) is 4.79 Å². The molecule has 0 aromatic rings. The molecule has 0 aliphatic rings. The fourth-order valence-electron chi connectivity index (χ4n) is 1.03. The number of hydrogen-bond donors (Lipinski definition) is 0. The van der Waals surface area contributed by atoms with Crippen molar-refractivity contribution in [3.05, 3.63) is 0 Å². The number of rotatable bonds is 6. The number of ketones is 2. The van der Waals surface area contributed by atoms with Gasteiger partial charge in [0, 0.05) is 12.3 Å². The molecule has 2 heteroatoms. The Kier molecular flexibility index (Phi) is 5.60. The van der Waals surface area contributed by atoms with Crippen LogP contribution in [0, 0.1) is 5.92 Å². The molecule has 12 heavy (non-hydrogen) atoms. The zero-order valence-electron chi connectivity index (χ0n) is 8.22. The quantitative estimate of drug-likeness (QED) is 0.573. The second kappa shape index (κ2) is 5.92. The molecule has 1 atom stereocenters. The van der Waals surface area contributed by atoms with Crippen LogP contribution in [0.2, 0.25) is 0 Å². The molecule has 0 spiro atoms. The number of carbonyl (C=O) groups is 2. The van der Waals surface area contributed by atoms with Crippen molar-refractivity contribution >= 4 is 11.6 Å². The SMILES string of the molecule is CC(=O)CCCCC(C)C(C)=O. The van der Waals surface area contributed by atoms with Crippen molar-refractivity contribution in [3.8, 4) is 0 Å². The van der Waals surface area contributed by atoms with E-state index in [0.717, 1.165) is 19.3 Å². The molecule has 0 aromatic heterocycles. The Hall–Kier alpha value is -0.660. The zero-order valence-corrected chi connectivity index (χ0v) is 8.22. The highest BCUT2D eigenvalue weighted by Gasteiger charge is 2.06. The number of carbonyl (C=O) groups excluding carboxylic acids is 2. The number of Topliss-reactive ketones (excluding diaryl/α,β-unsaturated/α-hetero) is 2. The molecule has 0 aliphatic heterocycles. The normalized spacial score (nSPS) is 12.6. The lowest BCUT2D eigenvalue weighted by Gasteiger charge is -2.05. The predicted octanol–water partition coefficient (Wildman–Crippen LogP) is 2.36. The Morgan fingerprint density at radius 1 is 1.17 bits per heavy atom. The van der Waals surface area contributed by atoms with E-state index >= 15 is 0 Å². The molecule has 0 fully saturated rings. The van der Waals surface area contributed by atoms with Crippen LogP contribution >= 0.6 is 0 Å². The monoisotopic (exact) mass is 170 g/mol. The lowest BCUT2D eigenvalue weighted by atomic mass is 9.99. The molecule has 0 saturated carbocycles. The standard InChI is InChI=1S/C10H18O2/c1-8(10(3)12)6-4-5-7-9(2)11/h8H,4-7H2,1-3H3. The van der Waals surface area contributed by atoms with Gasteiger partial charge in [0.15, 0.2) is 0 Å². The smallest absolute Gasteiger partial charge is 0.132 e. The highest BCUT2D eigenvalue weighted by molar-refractivity contribution is 5.77. The van der Waals surface area contributed by atoms with Gasteiger partial charge in [-0.2, -0.15) is 0 Å². The van der Waals surface area contributed by atoms with Gasteiger partial charge in [0.05, 0.1) is 0 Å². The summed E-state index contributed by atoms with van der Waals surface area (Å²) in [5.41, 5.74) is 0. The third-order valence-electron chi connectivity index (χ3n) is 2.11. The highest BCUT2D eigenvalue weighted by Crippen LogP contribution is 2.09. The fourth-order valence-corrected chi connectivity index (χ4v) is 1.03. The molecule has 0 rings (SSSR count). The van der Waals surface area contributed by atoms with E-state index in [-0.39, 0.29) is 17.5 Å². The summed E-state index contributed by atoms with van der Waals surface area (Å²) in [4.78, 5) is 21.4. The second-order valence-corrected chi connectivity index (χ2v) is 3.46. The molecular weight excluding hydrogens is 152 g/mol. The Bertz CT molecular complexity index is 161. The van der Waals surface area contributed by atoms with E-state index in [9.17, 15) is 9.59 Å². The van der Waals surface area contributed by atoms with E-state index in [2.05, 4.69) is 0 Å². The first kappa shape index (κ1) is 11.3. The van der Waals surface area contributed by atoms with Gasteiger partial charge in [-0.25, -0.2) is 0 Å². The third kappa shape index (κ3) is 6.08. The summed E-state index contributed by atoms with van der Waals surface area (Å²) in [5, 5.41) is 0. The van der Waals surface area contributed by atoms with Gasteiger partial charge in [0.1, 0.15) is 11.6 Å². The number of hydrogen-bond acceptors (Lipinski definition) is 2. The zero-order chi connectivity index (χ0) is 9.56. The minimum Gasteiger partial charge on any atom is -0.300 e. The van der Waals surface area contributed by atoms with Crippen LogP contribution in [-0.4, -0.2) is 11.6 Å². The summed E-state index contributed by atoms with van der Waals surface area (Å²) in [6.07, 6.45) is 3.49. The average Bonchev–Trinajstić information content (AvgIpc) is 1.97. The first-order valence-corrected chi connectivity index (χ1v) is 4.54. The van der Waals surface area contributed by atoms with Crippen molar-refractivity contribution in [2.45, 2.75) is 46.5 Å². The molecule has 0 aromatic carbocycles. The van der Waals surface area contributed by atoms with Crippen molar-refractivity contribution < 1.29 is 9.59 Å². The van der Waals surface area contributed by atoms with E-state index in [1.165, 1.54) is 0 Å². The van der Waals surface area contributed by atoms with Gasteiger partial charge < -0.3 is 4.79 Å². The molecular formula is C10H18O2. The van der Waals surface area contributed by atoms with Crippen molar-refractivity contribution in [3.63, 3.8) is 0 Å². The Balaban J connectivity index is 3.31. The van der Waals surface area contributed by atoms with Crippen LogP contribution in [-0.2, 0) is 9.59 Å². The summed E-state index contributed by atoms with van der Waals surface area (Å²) in [7, 11) is 0. The number of unbranched alkanes of at least 4 members (excludes halogenated alkanes) is 1. The van der Waals surface area contributed by atoms with Crippen molar-refractivity contribution in [2.24, 2.45) is 5.92 Å². The van der Waals surface area contributed by atoms with Gasteiger partial charge in [-0.15, -0.1) is 0 Å². The highest BCUT2D eigenvalue weighted by atomic mass is 16.1. The van der Waals surface area contributed by atoms with Crippen molar-refractivity contribution in [2.75, 3.05) is 0 Å². The van der Waals surface area contributed by atoms with Crippen molar-refractivity contribution in [1.29, 1.82) is 0 Å². The minimum absolute atomic E-state index is 0.164. The first-order chi connectivity index (χ1) is 5.54. The van der Waals surface area contributed by atoms with Gasteiger partial charge in [-0.05, 0) is 26.7 Å². The molecule has 0 amide bonds. The van der Waals surface area contributed by atoms with E-state index in [1.54, 1.807) is 13.8 Å². The topological polar surface area (TPSA) is 34.1 Å². The molecule has 0 aliphatic carbocycles. The summed E-state index contributed by atoms with van der Waals surface area (Å²) in [6.45, 7) is 5.17. The van der Waals surface area contributed by atoms with Gasteiger partial charge in [0.25, 0.3) is 0 Å². The molecule has 2 nitrogen and oxygen atoms in total. The van der Waals surface area contributed by atoms with Crippen LogP contribution in [0.1, 0.15) is 46.5 Å². The van der Waals surface area contributed by atoms with Crippen LogP contribution in [0.3, 0.4) is 0 Å². The van der Waals surface area contributed by atoms with Gasteiger partial charge in [0.2, 0.25) is 0 Å². The molecule has 0 N–H and O–H groups in total. The Labute approximate surface area is 74.3 Å². The van der Waals surface area contributed by atoms with Gasteiger partial charge >= 0.3 is 0 Å². The fraction of sp³-hybridized carbons (Fsp3) is 0.800. The lowest BCUT2D eigenvalue weighted by Crippen LogP contribution is -2.05. The Morgan fingerprint density at radius 2 is 1.75 bits per heavy atom. The van der Waals surface area contributed by atoms with Crippen LogP contribution in [0.25, 0.3) is 0 Å². The molecule has 0 radical (unpaired) electrons. The predicted molar refractivity (Wildman–Crippen MR) is 49.0 cm³/mol. The molecule has 1 unspecified atom stereocenters. The van der Waals surface area contributed by atoms with Crippen LogP contribution in [0.4, 0.5) is 0 Å². The largest absolute Gasteiger partial charge is 0.300 e. The molecule has 0 heterocycles. The summed E-state index contributed by atoms with van der Waals surface area (Å²) in [6, 6.07) is 0. The van der Waals surface area contributed by atoms with E-state index in [0.29, 0.717) is 6.42 Å².